The Morgan fingerprint density at radius 2 is 2.06 bits per heavy atom. The summed E-state index contributed by atoms with van der Waals surface area (Å²) in [6, 6.07) is 0.627. The van der Waals surface area contributed by atoms with Gasteiger partial charge in [0.1, 0.15) is 0 Å². The SMILES string of the molecule is Cc1[nH]ncc1CN[C@@H](C)C1CCCCCC1. The molecule has 2 rings (SSSR count). The Bertz CT molecular complexity index is 324. The van der Waals surface area contributed by atoms with Crippen LogP contribution in [-0.2, 0) is 6.54 Å². The normalized spacial score (nSPS) is 20.1. The number of nitrogens with one attached hydrogen (secondary N) is 2. The molecule has 0 aromatic carbocycles. The molecule has 0 bridgehead atoms. The minimum Gasteiger partial charge on any atom is -0.310 e. The molecule has 3 heteroatoms. The average molecular weight is 235 g/mol. The summed E-state index contributed by atoms with van der Waals surface area (Å²) < 4.78 is 0. The maximum absolute atomic E-state index is 4.06. The van der Waals surface area contributed by atoms with Crippen molar-refractivity contribution in [2.45, 2.75) is 65.0 Å². The van der Waals surface area contributed by atoms with Gasteiger partial charge in [0, 0.05) is 23.8 Å². The van der Waals surface area contributed by atoms with Gasteiger partial charge in [0.05, 0.1) is 6.20 Å². The van der Waals surface area contributed by atoms with Crippen LogP contribution in [0, 0.1) is 12.8 Å². The zero-order valence-electron chi connectivity index (χ0n) is 11.1. The molecule has 0 aliphatic heterocycles. The van der Waals surface area contributed by atoms with Crippen molar-refractivity contribution < 1.29 is 0 Å². The lowest BCUT2D eigenvalue weighted by atomic mass is 9.93. The van der Waals surface area contributed by atoms with Crippen molar-refractivity contribution in [1.29, 1.82) is 0 Å². The van der Waals surface area contributed by atoms with E-state index in [9.17, 15) is 0 Å². The van der Waals surface area contributed by atoms with E-state index in [0.717, 1.165) is 12.5 Å². The van der Waals surface area contributed by atoms with E-state index in [1.807, 2.05) is 6.20 Å². The number of rotatable bonds is 4. The zero-order valence-corrected chi connectivity index (χ0v) is 11.1. The summed E-state index contributed by atoms with van der Waals surface area (Å²) in [6.07, 6.45) is 10.4. The maximum atomic E-state index is 4.06. The molecule has 0 saturated heterocycles. The molecular weight excluding hydrogens is 210 g/mol. The van der Waals surface area contributed by atoms with Gasteiger partial charge in [0.2, 0.25) is 0 Å². The van der Waals surface area contributed by atoms with Crippen molar-refractivity contribution in [2.24, 2.45) is 5.92 Å². The van der Waals surface area contributed by atoms with Crippen LogP contribution in [-0.4, -0.2) is 16.2 Å². The van der Waals surface area contributed by atoms with Crippen LogP contribution in [0.3, 0.4) is 0 Å². The molecule has 96 valence electrons. The molecule has 1 saturated carbocycles. The Labute approximate surface area is 104 Å². The van der Waals surface area contributed by atoms with Gasteiger partial charge < -0.3 is 5.32 Å². The highest BCUT2D eigenvalue weighted by atomic mass is 15.1. The summed E-state index contributed by atoms with van der Waals surface area (Å²) in [4.78, 5) is 0. The lowest BCUT2D eigenvalue weighted by Gasteiger charge is -2.23. The number of aromatic amines is 1. The van der Waals surface area contributed by atoms with Crippen LogP contribution in [0.1, 0.15) is 56.7 Å². The Hall–Kier alpha value is -0.830. The van der Waals surface area contributed by atoms with Gasteiger partial charge in [-0.1, -0.05) is 25.7 Å². The van der Waals surface area contributed by atoms with E-state index >= 15 is 0 Å². The molecule has 1 aromatic rings. The minimum atomic E-state index is 0.627. The molecule has 1 atom stereocenters. The second kappa shape index (κ2) is 6.20. The van der Waals surface area contributed by atoms with Crippen LogP contribution in [0.25, 0.3) is 0 Å². The van der Waals surface area contributed by atoms with Crippen LogP contribution in [0.5, 0.6) is 0 Å². The van der Waals surface area contributed by atoms with Crippen LogP contribution >= 0.6 is 0 Å². The van der Waals surface area contributed by atoms with Crippen LogP contribution in [0.2, 0.25) is 0 Å². The van der Waals surface area contributed by atoms with Crippen LogP contribution in [0.4, 0.5) is 0 Å². The summed E-state index contributed by atoms with van der Waals surface area (Å²) >= 11 is 0. The summed E-state index contributed by atoms with van der Waals surface area (Å²) in [5.74, 6) is 0.865. The Morgan fingerprint density at radius 1 is 1.35 bits per heavy atom. The number of hydrogen-bond donors (Lipinski definition) is 2. The number of aromatic nitrogens is 2. The third-order valence-corrected chi connectivity index (χ3v) is 4.16. The van der Waals surface area contributed by atoms with E-state index in [1.54, 1.807) is 0 Å². The van der Waals surface area contributed by atoms with E-state index in [0.29, 0.717) is 6.04 Å². The highest BCUT2D eigenvalue weighted by molar-refractivity contribution is 5.13. The molecule has 0 amide bonds. The van der Waals surface area contributed by atoms with Crippen molar-refractivity contribution >= 4 is 0 Å². The highest BCUT2D eigenvalue weighted by Gasteiger charge is 2.18. The summed E-state index contributed by atoms with van der Waals surface area (Å²) in [6.45, 7) is 5.37. The number of aryl methyl sites for hydroxylation is 1. The topological polar surface area (TPSA) is 40.7 Å². The Balaban J connectivity index is 1.80. The van der Waals surface area contributed by atoms with Gasteiger partial charge in [0.25, 0.3) is 0 Å². The summed E-state index contributed by atoms with van der Waals surface area (Å²) in [7, 11) is 0. The van der Waals surface area contributed by atoms with Crippen molar-refractivity contribution in [3.8, 4) is 0 Å². The van der Waals surface area contributed by atoms with Crippen molar-refractivity contribution in [3.63, 3.8) is 0 Å². The lowest BCUT2D eigenvalue weighted by Crippen LogP contribution is -2.33. The van der Waals surface area contributed by atoms with Gasteiger partial charge >= 0.3 is 0 Å². The van der Waals surface area contributed by atoms with Gasteiger partial charge in [-0.05, 0) is 32.6 Å². The highest BCUT2D eigenvalue weighted by Crippen LogP contribution is 2.25. The molecule has 3 nitrogen and oxygen atoms in total. The maximum Gasteiger partial charge on any atom is 0.0535 e. The zero-order chi connectivity index (χ0) is 12.1. The molecule has 2 N–H and O–H groups in total. The van der Waals surface area contributed by atoms with Gasteiger partial charge in [-0.3, -0.25) is 5.10 Å². The molecular formula is C14H25N3. The molecule has 1 aromatic heterocycles. The first kappa shape index (κ1) is 12.6. The summed E-state index contributed by atoms with van der Waals surface area (Å²) in [5, 5.41) is 10.7. The van der Waals surface area contributed by atoms with E-state index < -0.39 is 0 Å². The monoisotopic (exact) mass is 235 g/mol. The molecule has 17 heavy (non-hydrogen) atoms. The first-order chi connectivity index (χ1) is 8.27. The molecule has 1 aliphatic rings. The molecule has 1 fully saturated rings. The summed E-state index contributed by atoms with van der Waals surface area (Å²) in [5.41, 5.74) is 2.48. The van der Waals surface area contributed by atoms with Gasteiger partial charge in [-0.25, -0.2) is 0 Å². The average Bonchev–Trinajstić information content (AvgIpc) is 2.58. The second-order valence-corrected chi connectivity index (χ2v) is 5.44. The largest absolute Gasteiger partial charge is 0.310 e. The van der Waals surface area contributed by atoms with E-state index in [2.05, 4.69) is 29.4 Å². The smallest absolute Gasteiger partial charge is 0.0535 e. The predicted molar refractivity (Wildman–Crippen MR) is 70.8 cm³/mol. The number of H-pyrrole nitrogens is 1. The standard InChI is InChI=1S/C14H25N3/c1-11(13-7-5-3-4-6-8-13)15-9-14-10-16-17-12(14)2/h10-11,13,15H,3-9H2,1-2H3,(H,16,17)/t11-/m0/s1. The number of hydrogen-bond acceptors (Lipinski definition) is 2. The molecule has 0 radical (unpaired) electrons. The molecule has 1 heterocycles. The third kappa shape index (κ3) is 3.56. The number of nitrogens with zero attached hydrogens (tertiary/aromatic N) is 1. The van der Waals surface area contributed by atoms with Crippen molar-refractivity contribution in [3.05, 3.63) is 17.5 Å². The fourth-order valence-electron chi connectivity index (χ4n) is 2.80. The van der Waals surface area contributed by atoms with Crippen molar-refractivity contribution in [1.82, 2.24) is 15.5 Å². The fourth-order valence-corrected chi connectivity index (χ4v) is 2.80. The van der Waals surface area contributed by atoms with E-state index in [1.165, 1.54) is 49.8 Å². The van der Waals surface area contributed by atoms with E-state index in [-0.39, 0.29) is 0 Å². The molecule has 1 aliphatic carbocycles. The fraction of sp³-hybridized carbons (Fsp3) is 0.786. The van der Waals surface area contributed by atoms with Gasteiger partial charge in [-0.15, -0.1) is 0 Å². The Kier molecular flexibility index (Phi) is 4.60. The third-order valence-electron chi connectivity index (χ3n) is 4.16. The van der Waals surface area contributed by atoms with Crippen molar-refractivity contribution in [2.75, 3.05) is 0 Å². The Morgan fingerprint density at radius 3 is 2.65 bits per heavy atom. The minimum absolute atomic E-state index is 0.627. The lowest BCUT2D eigenvalue weighted by molar-refractivity contribution is 0.336. The van der Waals surface area contributed by atoms with Crippen LogP contribution in [0.15, 0.2) is 6.20 Å². The molecule has 0 unspecified atom stereocenters. The first-order valence-corrected chi connectivity index (χ1v) is 6.99. The first-order valence-electron chi connectivity index (χ1n) is 6.99. The second-order valence-electron chi connectivity index (χ2n) is 5.44. The van der Waals surface area contributed by atoms with Gasteiger partial charge in [0.15, 0.2) is 0 Å². The predicted octanol–water partition coefficient (Wildman–Crippen LogP) is 3.17. The van der Waals surface area contributed by atoms with Gasteiger partial charge in [-0.2, -0.15) is 5.10 Å². The van der Waals surface area contributed by atoms with Crippen LogP contribution < -0.4 is 5.32 Å². The van der Waals surface area contributed by atoms with E-state index in [4.69, 9.17) is 0 Å². The quantitative estimate of drug-likeness (QED) is 0.787. The molecule has 0 spiro atoms.